The van der Waals surface area contributed by atoms with Crippen LogP contribution in [0.1, 0.15) is 32.6 Å². The fourth-order valence-corrected chi connectivity index (χ4v) is 3.68. The molecule has 1 aromatic heterocycles. The molecular formula is C11H18FN3O2S. The highest BCUT2D eigenvalue weighted by Crippen LogP contribution is 2.22. The van der Waals surface area contributed by atoms with Crippen molar-refractivity contribution >= 4 is 10.0 Å². The third-order valence-electron chi connectivity index (χ3n) is 3.23. The Bertz CT molecular complexity index is 504. The molecule has 0 bridgehead atoms. The summed E-state index contributed by atoms with van der Waals surface area (Å²) in [4.78, 5) is -0.300. The molecule has 0 amide bonds. The van der Waals surface area contributed by atoms with Crippen LogP contribution in [0.2, 0.25) is 0 Å². The lowest BCUT2D eigenvalue weighted by atomic mass is 10.2. The third-order valence-corrected chi connectivity index (χ3v) is 5.10. The van der Waals surface area contributed by atoms with Gasteiger partial charge in [-0.15, -0.1) is 0 Å². The number of sulfonamides is 1. The Morgan fingerprint density at radius 1 is 1.28 bits per heavy atom. The lowest BCUT2D eigenvalue weighted by molar-refractivity contribution is 0.412. The van der Waals surface area contributed by atoms with Gasteiger partial charge in [-0.1, -0.05) is 12.8 Å². The quantitative estimate of drug-likeness (QED) is 0.842. The molecule has 1 aliphatic rings. The zero-order valence-electron chi connectivity index (χ0n) is 10.5. The van der Waals surface area contributed by atoms with Gasteiger partial charge in [0, 0.05) is 19.6 Å². The molecule has 0 N–H and O–H groups in total. The first-order chi connectivity index (χ1) is 8.57. The van der Waals surface area contributed by atoms with E-state index in [1.807, 2.05) is 0 Å². The van der Waals surface area contributed by atoms with E-state index >= 15 is 0 Å². The van der Waals surface area contributed by atoms with Gasteiger partial charge in [0.15, 0.2) is 4.90 Å². The van der Waals surface area contributed by atoms with Crippen LogP contribution in [-0.2, 0) is 16.6 Å². The van der Waals surface area contributed by atoms with Crippen LogP contribution in [0.15, 0.2) is 11.1 Å². The maximum absolute atomic E-state index is 13.9. The molecule has 2 heterocycles. The molecule has 0 atom stereocenters. The summed E-state index contributed by atoms with van der Waals surface area (Å²) in [6.45, 7) is 2.98. The molecule has 102 valence electrons. The van der Waals surface area contributed by atoms with E-state index in [0.29, 0.717) is 19.6 Å². The van der Waals surface area contributed by atoms with E-state index in [0.717, 1.165) is 36.6 Å². The number of nitrogens with zero attached hydrogens (tertiary/aromatic N) is 3. The third kappa shape index (κ3) is 2.42. The van der Waals surface area contributed by atoms with Crippen LogP contribution in [0.25, 0.3) is 0 Å². The predicted octanol–water partition coefficient (Wildman–Crippen LogP) is 1.61. The minimum atomic E-state index is -3.73. The van der Waals surface area contributed by atoms with E-state index in [1.165, 1.54) is 4.31 Å². The Kier molecular flexibility index (Phi) is 4.01. The van der Waals surface area contributed by atoms with E-state index in [4.69, 9.17) is 0 Å². The Hall–Kier alpha value is -0.950. The largest absolute Gasteiger partial charge is 0.249 e. The standard InChI is InChI=1S/C11H18FN3O2S/c1-2-15-11(12)10(9-13-15)18(16,17)14-7-5-3-4-6-8-14/h9H,2-8H2,1H3. The van der Waals surface area contributed by atoms with E-state index in [-0.39, 0.29) is 4.90 Å². The van der Waals surface area contributed by atoms with Crippen LogP contribution < -0.4 is 0 Å². The fourth-order valence-electron chi connectivity index (χ4n) is 2.17. The summed E-state index contributed by atoms with van der Waals surface area (Å²) in [5.74, 6) is -0.762. The molecule has 0 spiro atoms. The Morgan fingerprint density at radius 2 is 1.89 bits per heavy atom. The lowest BCUT2D eigenvalue weighted by Crippen LogP contribution is -2.32. The Morgan fingerprint density at radius 3 is 2.39 bits per heavy atom. The van der Waals surface area contributed by atoms with Gasteiger partial charge >= 0.3 is 0 Å². The topological polar surface area (TPSA) is 55.2 Å². The van der Waals surface area contributed by atoms with Crippen molar-refractivity contribution in [1.82, 2.24) is 14.1 Å². The summed E-state index contributed by atoms with van der Waals surface area (Å²) in [6.07, 6.45) is 4.84. The number of halogens is 1. The molecule has 0 aromatic carbocycles. The summed E-state index contributed by atoms with van der Waals surface area (Å²) >= 11 is 0. The van der Waals surface area contributed by atoms with E-state index in [1.54, 1.807) is 6.92 Å². The number of hydrogen-bond donors (Lipinski definition) is 0. The lowest BCUT2D eigenvalue weighted by Gasteiger charge is -2.18. The minimum absolute atomic E-state index is 0.300. The van der Waals surface area contributed by atoms with Gasteiger partial charge < -0.3 is 0 Å². The predicted molar refractivity (Wildman–Crippen MR) is 65.1 cm³/mol. The molecule has 0 saturated carbocycles. The fraction of sp³-hybridized carbons (Fsp3) is 0.727. The average molecular weight is 275 g/mol. The highest BCUT2D eigenvalue weighted by atomic mass is 32.2. The van der Waals surface area contributed by atoms with Gasteiger partial charge in [0.2, 0.25) is 16.0 Å². The van der Waals surface area contributed by atoms with Crippen LogP contribution in [0.5, 0.6) is 0 Å². The maximum atomic E-state index is 13.9. The molecule has 1 saturated heterocycles. The molecule has 0 unspecified atom stereocenters. The second kappa shape index (κ2) is 5.36. The van der Waals surface area contributed by atoms with Crippen molar-refractivity contribution < 1.29 is 12.8 Å². The van der Waals surface area contributed by atoms with E-state index < -0.39 is 16.0 Å². The molecule has 5 nitrogen and oxygen atoms in total. The van der Waals surface area contributed by atoms with Crippen LogP contribution >= 0.6 is 0 Å². The van der Waals surface area contributed by atoms with Crippen LogP contribution in [-0.4, -0.2) is 35.6 Å². The summed E-state index contributed by atoms with van der Waals surface area (Å²) in [5, 5.41) is 3.75. The van der Waals surface area contributed by atoms with Crippen LogP contribution in [0.4, 0.5) is 4.39 Å². The zero-order chi connectivity index (χ0) is 13.2. The SMILES string of the molecule is CCn1ncc(S(=O)(=O)N2CCCCCC2)c1F. The molecule has 1 fully saturated rings. The van der Waals surface area contributed by atoms with Gasteiger partial charge in [0.25, 0.3) is 0 Å². The summed E-state index contributed by atoms with van der Waals surface area (Å²) in [6, 6.07) is 0. The highest BCUT2D eigenvalue weighted by molar-refractivity contribution is 7.89. The zero-order valence-corrected chi connectivity index (χ0v) is 11.3. The first-order valence-corrected chi connectivity index (χ1v) is 7.73. The molecule has 7 heteroatoms. The summed E-state index contributed by atoms with van der Waals surface area (Å²) in [5.41, 5.74) is 0. The Balaban J connectivity index is 2.31. The van der Waals surface area contributed by atoms with E-state index in [9.17, 15) is 12.8 Å². The van der Waals surface area contributed by atoms with E-state index in [2.05, 4.69) is 5.10 Å². The number of hydrogen-bond acceptors (Lipinski definition) is 3. The molecule has 1 aromatic rings. The van der Waals surface area contributed by atoms with Gasteiger partial charge in [-0.05, 0) is 19.8 Å². The summed E-state index contributed by atoms with van der Waals surface area (Å²) < 4.78 is 41.0. The molecular weight excluding hydrogens is 257 g/mol. The van der Waals surface area contributed by atoms with Crippen molar-refractivity contribution in [3.05, 3.63) is 12.1 Å². The van der Waals surface area contributed by atoms with Gasteiger partial charge in [-0.25, -0.2) is 13.1 Å². The van der Waals surface area contributed by atoms with Crippen molar-refractivity contribution in [2.45, 2.75) is 44.0 Å². The second-order valence-electron chi connectivity index (χ2n) is 4.43. The minimum Gasteiger partial charge on any atom is -0.239 e. The average Bonchev–Trinajstić information content (AvgIpc) is 2.56. The van der Waals surface area contributed by atoms with Crippen molar-refractivity contribution in [1.29, 1.82) is 0 Å². The Labute approximate surface area is 107 Å². The van der Waals surface area contributed by atoms with Crippen molar-refractivity contribution in [2.75, 3.05) is 13.1 Å². The smallest absolute Gasteiger partial charge is 0.239 e. The first-order valence-electron chi connectivity index (χ1n) is 6.29. The van der Waals surface area contributed by atoms with Crippen molar-refractivity contribution in [3.63, 3.8) is 0 Å². The maximum Gasteiger partial charge on any atom is 0.249 e. The molecule has 2 rings (SSSR count). The van der Waals surface area contributed by atoms with Gasteiger partial charge in [0.1, 0.15) is 0 Å². The molecule has 0 radical (unpaired) electrons. The molecule has 0 aliphatic carbocycles. The van der Waals surface area contributed by atoms with Crippen LogP contribution in [0.3, 0.4) is 0 Å². The number of rotatable bonds is 3. The highest BCUT2D eigenvalue weighted by Gasteiger charge is 2.30. The van der Waals surface area contributed by atoms with Gasteiger partial charge in [-0.3, -0.25) is 0 Å². The number of aryl methyl sites for hydroxylation is 1. The molecule has 1 aliphatic heterocycles. The van der Waals surface area contributed by atoms with Crippen molar-refractivity contribution in [3.8, 4) is 0 Å². The number of aromatic nitrogens is 2. The summed E-state index contributed by atoms with van der Waals surface area (Å²) in [7, 11) is -3.73. The second-order valence-corrected chi connectivity index (χ2v) is 6.34. The van der Waals surface area contributed by atoms with Gasteiger partial charge in [0.05, 0.1) is 6.20 Å². The van der Waals surface area contributed by atoms with Gasteiger partial charge in [-0.2, -0.15) is 13.8 Å². The normalized spacial score (nSPS) is 18.8. The van der Waals surface area contributed by atoms with Crippen LogP contribution in [0, 0.1) is 5.95 Å². The molecule has 18 heavy (non-hydrogen) atoms. The monoisotopic (exact) mass is 275 g/mol. The van der Waals surface area contributed by atoms with Crippen molar-refractivity contribution in [2.24, 2.45) is 0 Å². The first kappa shape index (κ1) is 13.5.